The number of ether oxygens (including phenoxy) is 2. The number of nitrogens with zero attached hydrogens (tertiary/aromatic N) is 1. The van der Waals surface area contributed by atoms with Crippen molar-refractivity contribution in [1.82, 2.24) is 5.32 Å². The smallest absolute Gasteiger partial charge is 0.387 e. The van der Waals surface area contributed by atoms with Crippen molar-refractivity contribution in [3.8, 4) is 11.5 Å². The molecule has 1 saturated carbocycles. The first-order valence-electron chi connectivity index (χ1n) is 8.97. The average Bonchev–Trinajstić information content (AvgIpc) is 3.40. The molecule has 1 fully saturated rings. The molecule has 1 aliphatic carbocycles. The number of rotatable bonds is 5. The minimum Gasteiger partial charge on any atom is -0.493 e. The van der Waals surface area contributed by atoms with Crippen LogP contribution in [-0.4, -0.2) is 25.2 Å². The van der Waals surface area contributed by atoms with Crippen LogP contribution in [0.15, 0.2) is 53.5 Å². The number of aliphatic imine (C=N–C) groups is 1. The third-order valence-corrected chi connectivity index (χ3v) is 4.88. The summed E-state index contributed by atoms with van der Waals surface area (Å²) < 4.78 is 35.4. The van der Waals surface area contributed by atoms with E-state index in [4.69, 9.17) is 10.5 Å². The summed E-state index contributed by atoms with van der Waals surface area (Å²) in [6.07, 6.45) is 1.56. The standard InChI is InChI=1S/C20H21F2N3O2/c21-19(22)27-18-8-4-1-5-12(18)14-11-16(14)25-20(23)24-15-9-10-26-17-7-3-2-6-13(15)17/h1-8,14-16,19H,9-11H2,(H3,23,24,25)/t14-,15?,16+/m1/s1. The number of guanidine groups is 1. The number of para-hydroxylation sites is 2. The normalized spacial score (nSPS) is 24.1. The molecule has 27 heavy (non-hydrogen) atoms. The summed E-state index contributed by atoms with van der Waals surface area (Å²) in [4.78, 5) is 4.61. The van der Waals surface area contributed by atoms with Gasteiger partial charge in [-0.2, -0.15) is 8.78 Å². The third kappa shape index (κ3) is 3.97. The van der Waals surface area contributed by atoms with Gasteiger partial charge in [0.05, 0.1) is 12.6 Å². The Balaban J connectivity index is 1.43. The van der Waals surface area contributed by atoms with Gasteiger partial charge in [0.15, 0.2) is 5.96 Å². The fourth-order valence-corrected chi connectivity index (χ4v) is 3.54. The maximum atomic E-state index is 12.6. The van der Waals surface area contributed by atoms with Crippen molar-refractivity contribution in [2.45, 2.75) is 37.5 Å². The SMILES string of the molecule is NC(=NC1CCOc2ccccc21)N[C@H]1C[C@@H]1c1ccccc1OC(F)F. The van der Waals surface area contributed by atoms with Crippen molar-refractivity contribution < 1.29 is 18.3 Å². The minimum absolute atomic E-state index is 0.0471. The van der Waals surface area contributed by atoms with Crippen molar-refractivity contribution in [2.75, 3.05) is 6.61 Å². The predicted molar refractivity (Wildman–Crippen MR) is 98.3 cm³/mol. The predicted octanol–water partition coefficient (Wildman–Crippen LogP) is 3.57. The minimum atomic E-state index is -2.84. The van der Waals surface area contributed by atoms with Crippen LogP contribution in [0, 0.1) is 0 Å². The van der Waals surface area contributed by atoms with E-state index in [-0.39, 0.29) is 23.8 Å². The Hall–Kier alpha value is -2.83. The highest BCUT2D eigenvalue weighted by Crippen LogP contribution is 2.45. The molecule has 2 aliphatic rings. The van der Waals surface area contributed by atoms with E-state index in [1.807, 2.05) is 36.4 Å². The lowest BCUT2D eigenvalue weighted by atomic mass is 10.0. The number of benzene rings is 2. The number of alkyl halides is 2. The molecule has 0 amide bonds. The van der Waals surface area contributed by atoms with Crippen molar-refractivity contribution in [1.29, 1.82) is 0 Å². The van der Waals surface area contributed by atoms with Gasteiger partial charge in [-0.1, -0.05) is 36.4 Å². The van der Waals surface area contributed by atoms with Crippen LogP contribution < -0.4 is 20.5 Å². The molecule has 7 heteroatoms. The highest BCUT2D eigenvalue weighted by molar-refractivity contribution is 5.79. The van der Waals surface area contributed by atoms with Crippen molar-refractivity contribution in [3.05, 3.63) is 59.7 Å². The first kappa shape index (κ1) is 17.6. The van der Waals surface area contributed by atoms with E-state index in [2.05, 4.69) is 15.0 Å². The Morgan fingerprint density at radius 3 is 2.70 bits per heavy atom. The van der Waals surface area contributed by atoms with Crippen LogP contribution in [0.5, 0.6) is 11.5 Å². The van der Waals surface area contributed by atoms with Gasteiger partial charge in [0.1, 0.15) is 11.5 Å². The molecule has 1 unspecified atom stereocenters. The number of hydrogen-bond donors (Lipinski definition) is 2. The van der Waals surface area contributed by atoms with Crippen LogP contribution in [0.25, 0.3) is 0 Å². The summed E-state index contributed by atoms with van der Waals surface area (Å²) in [5, 5.41) is 3.20. The van der Waals surface area contributed by atoms with Gasteiger partial charge in [0.25, 0.3) is 0 Å². The molecule has 2 aromatic carbocycles. The van der Waals surface area contributed by atoms with Gasteiger partial charge in [-0.25, -0.2) is 4.99 Å². The lowest BCUT2D eigenvalue weighted by molar-refractivity contribution is -0.0504. The van der Waals surface area contributed by atoms with E-state index >= 15 is 0 Å². The Labute approximate surface area is 156 Å². The zero-order chi connectivity index (χ0) is 18.8. The van der Waals surface area contributed by atoms with Crippen LogP contribution in [-0.2, 0) is 0 Å². The van der Waals surface area contributed by atoms with Gasteiger partial charge < -0.3 is 20.5 Å². The van der Waals surface area contributed by atoms with Gasteiger partial charge in [-0.05, 0) is 24.1 Å². The van der Waals surface area contributed by atoms with E-state index in [0.717, 1.165) is 29.7 Å². The van der Waals surface area contributed by atoms with E-state index < -0.39 is 6.61 Å². The summed E-state index contributed by atoms with van der Waals surface area (Å²) in [5.41, 5.74) is 7.90. The topological polar surface area (TPSA) is 68.9 Å². The van der Waals surface area contributed by atoms with Crippen molar-refractivity contribution in [3.63, 3.8) is 0 Å². The van der Waals surface area contributed by atoms with Crippen LogP contribution in [0.3, 0.4) is 0 Å². The average molecular weight is 373 g/mol. The maximum Gasteiger partial charge on any atom is 0.387 e. The molecule has 3 N–H and O–H groups in total. The maximum absolute atomic E-state index is 12.6. The molecule has 0 radical (unpaired) electrons. The molecule has 0 aromatic heterocycles. The number of fused-ring (bicyclic) bond motifs is 1. The Morgan fingerprint density at radius 2 is 1.89 bits per heavy atom. The molecule has 4 rings (SSSR count). The lowest BCUT2D eigenvalue weighted by Crippen LogP contribution is -2.35. The molecule has 0 spiro atoms. The molecule has 1 aliphatic heterocycles. The molecular formula is C20H21F2N3O2. The van der Waals surface area contributed by atoms with Gasteiger partial charge >= 0.3 is 6.61 Å². The second kappa shape index (κ2) is 7.42. The first-order chi connectivity index (χ1) is 13.1. The second-order valence-electron chi connectivity index (χ2n) is 6.71. The molecule has 1 heterocycles. The Kier molecular flexibility index (Phi) is 4.83. The van der Waals surface area contributed by atoms with Gasteiger partial charge in [-0.3, -0.25) is 0 Å². The number of halogens is 2. The van der Waals surface area contributed by atoms with Crippen LogP contribution >= 0.6 is 0 Å². The zero-order valence-corrected chi connectivity index (χ0v) is 14.6. The molecule has 5 nitrogen and oxygen atoms in total. The second-order valence-corrected chi connectivity index (χ2v) is 6.71. The number of nitrogens with one attached hydrogen (secondary N) is 1. The number of nitrogens with two attached hydrogens (primary N) is 1. The summed E-state index contributed by atoms with van der Waals surface area (Å²) in [6, 6.07) is 14.7. The van der Waals surface area contributed by atoms with Gasteiger partial charge in [0.2, 0.25) is 0 Å². The molecular weight excluding hydrogens is 352 g/mol. The van der Waals surface area contributed by atoms with Crippen LogP contribution in [0.2, 0.25) is 0 Å². The van der Waals surface area contributed by atoms with E-state index in [1.165, 1.54) is 0 Å². The fraction of sp³-hybridized carbons (Fsp3) is 0.350. The quantitative estimate of drug-likeness (QED) is 0.621. The van der Waals surface area contributed by atoms with Crippen LogP contribution in [0.1, 0.15) is 35.9 Å². The fourth-order valence-electron chi connectivity index (χ4n) is 3.54. The Morgan fingerprint density at radius 1 is 1.15 bits per heavy atom. The van der Waals surface area contributed by atoms with E-state index in [1.54, 1.807) is 12.1 Å². The molecule has 0 saturated heterocycles. The summed E-state index contributed by atoms with van der Waals surface area (Å²) in [7, 11) is 0. The Bertz CT molecular complexity index is 843. The first-order valence-corrected chi connectivity index (χ1v) is 8.97. The summed E-state index contributed by atoms with van der Waals surface area (Å²) in [6.45, 7) is -2.24. The zero-order valence-electron chi connectivity index (χ0n) is 14.6. The van der Waals surface area contributed by atoms with E-state index in [9.17, 15) is 8.78 Å². The highest BCUT2D eigenvalue weighted by atomic mass is 19.3. The molecule has 142 valence electrons. The van der Waals surface area contributed by atoms with Gasteiger partial charge in [-0.15, -0.1) is 0 Å². The summed E-state index contributed by atoms with van der Waals surface area (Å²) >= 11 is 0. The van der Waals surface area contributed by atoms with Gasteiger partial charge in [0, 0.05) is 23.9 Å². The van der Waals surface area contributed by atoms with Crippen molar-refractivity contribution >= 4 is 5.96 Å². The molecule has 2 aromatic rings. The lowest BCUT2D eigenvalue weighted by Gasteiger charge is -2.23. The monoisotopic (exact) mass is 373 g/mol. The molecule has 0 bridgehead atoms. The number of hydrogen-bond acceptors (Lipinski definition) is 3. The largest absolute Gasteiger partial charge is 0.493 e. The summed E-state index contributed by atoms with van der Waals surface area (Å²) in [5.74, 6) is 1.50. The molecule has 3 atom stereocenters. The van der Waals surface area contributed by atoms with Crippen LogP contribution in [0.4, 0.5) is 8.78 Å². The van der Waals surface area contributed by atoms with E-state index in [0.29, 0.717) is 12.6 Å². The highest BCUT2D eigenvalue weighted by Gasteiger charge is 2.41. The third-order valence-electron chi connectivity index (χ3n) is 4.88. The van der Waals surface area contributed by atoms with Crippen molar-refractivity contribution in [2.24, 2.45) is 10.7 Å².